The van der Waals surface area contributed by atoms with Crippen molar-refractivity contribution in [1.82, 2.24) is 4.57 Å². The van der Waals surface area contributed by atoms with Crippen LogP contribution in [0, 0.1) is 18.3 Å². The first kappa shape index (κ1) is 7.62. The van der Waals surface area contributed by atoms with Crippen molar-refractivity contribution in [3.8, 4) is 6.07 Å². The fourth-order valence-electron chi connectivity index (χ4n) is 0.995. The Morgan fingerprint density at radius 2 is 2.45 bits per heavy atom. The van der Waals surface area contributed by atoms with E-state index in [0.29, 0.717) is 0 Å². The zero-order valence-electron chi connectivity index (χ0n) is 6.54. The highest BCUT2D eigenvalue weighted by atomic mass is 14.9. The molecule has 1 heterocycles. The van der Waals surface area contributed by atoms with Crippen LogP contribution in [0.3, 0.4) is 0 Å². The first-order valence-electron chi connectivity index (χ1n) is 3.45. The molecule has 0 radical (unpaired) electrons. The van der Waals surface area contributed by atoms with Crippen LogP contribution in [-0.4, -0.2) is 4.57 Å². The van der Waals surface area contributed by atoms with E-state index in [0.717, 1.165) is 17.7 Å². The van der Waals surface area contributed by atoms with Gasteiger partial charge in [-0.25, -0.2) is 0 Å². The maximum Gasteiger partial charge on any atom is 0.101 e. The second-order valence-corrected chi connectivity index (χ2v) is 2.45. The number of allylic oxidation sites excluding steroid dienone is 1. The minimum absolute atomic E-state index is 0.742. The third kappa shape index (κ3) is 1.50. The lowest BCUT2D eigenvalue weighted by molar-refractivity contribution is 0.829. The van der Waals surface area contributed by atoms with Gasteiger partial charge >= 0.3 is 0 Å². The van der Waals surface area contributed by atoms with Crippen molar-refractivity contribution < 1.29 is 0 Å². The van der Waals surface area contributed by atoms with E-state index in [1.165, 1.54) is 0 Å². The molecule has 0 aliphatic rings. The largest absolute Gasteiger partial charge is 0.349 e. The molecule has 0 aliphatic heterocycles. The molecule has 0 spiro atoms. The van der Waals surface area contributed by atoms with Gasteiger partial charge in [-0.05, 0) is 12.5 Å². The normalized spacial score (nSPS) is 9.09. The maximum atomic E-state index is 8.61. The summed E-state index contributed by atoms with van der Waals surface area (Å²) in [5, 5.41) is 8.61. The number of hydrogen-bond acceptors (Lipinski definition) is 1. The molecule has 2 heteroatoms. The number of rotatable bonds is 2. The zero-order chi connectivity index (χ0) is 8.27. The fourth-order valence-corrected chi connectivity index (χ4v) is 0.995. The molecule has 0 amide bonds. The Labute approximate surface area is 66.4 Å². The number of aromatic nitrogens is 1. The third-order valence-corrected chi connectivity index (χ3v) is 1.54. The first-order chi connectivity index (χ1) is 5.27. The predicted octanol–water partition coefficient (Wildman–Crippen LogP) is 1.85. The van der Waals surface area contributed by atoms with Crippen molar-refractivity contribution in [3.63, 3.8) is 0 Å². The van der Waals surface area contributed by atoms with Crippen LogP contribution in [-0.2, 0) is 6.54 Å². The number of nitrogens with zero attached hydrogens (tertiary/aromatic N) is 2. The predicted molar refractivity (Wildman–Crippen MR) is 44.1 cm³/mol. The van der Waals surface area contributed by atoms with E-state index in [2.05, 4.69) is 12.6 Å². The van der Waals surface area contributed by atoms with Crippen molar-refractivity contribution in [1.29, 1.82) is 5.26 Å². The first-order valence-corrected chi connectivity index (χ1v) is 3.45. The van der Waals surface area contributed by atoms with Crippen LogP contribution >= 0.6 is 0 Å². The summed E-state index contributed by atoms with van der Waals surface area (Å²) in [5.74, 6) is 0. The van der Waals surface area contributed by atoms with Crippen LogP contribution in [0.5, 0.6) is 0 Å². The van der Waals surface area contributed by atoms with Crippen LogP contribution in [0.4, 0.5) is 0 Å². The average molecular weight is 146 g/mol. The van der Waals surface area contributed by atoms with E-state index in [1.54, 1.807) is 6.08 Å². The Bertz CT molecular complexity index is 302. The van der Waals surface area contributed by atoms with E-state index in [1.807, 2.05) is 23.9 Å². The van der Waals surface area contributed by atoms with E-state index in [4.69, 9.17) is 5.26 Å². The molecule has 1 rings (SSSR count). The lowest BCUT2D eigenvalue weighted by Gasteiger charge is -1.92. The number of aryl methyl sites for hydroxylation is 1. The standard InChI is InChI=1S/C9H10N2/c1-3-4-11-6-8(2)9(5-10)7-11/h3,6-7H,1,4H2,2H3. The van der Waals surface area contributed by atoms with Crippen LogP contribution < -0.4 is 0 Å². The highest BCUT2D eigenvalue weighted by Gasteiger charge is 1.98. The van der Waals surface area contributed by atoms with Gasteiger partial charge in [-0.15, -0.1) is 6.58 Å². The highest BCUT2D eigenvalue weighted by molar-refractivity contribution is 5.34. The molecule has 0 fully saturated rings. The highest BCUT2D eigenvalue weighted by Crippen LogP contribution is 2.07. The van der Waals surface area contributed by atoms with Crippen LogP contribution in [0.25, 0.3) is 0 Å². The smallest absolute Gasteiger partial charge is 0.101 e. The van der Waals surface area contributed by atoms with Gasteiger partial charge in [-0.2, -0.15) is 5.26 Å². The molecule has 0 aromatic carbocycles. The summed E-state index contributed by atoms with van der Waals surface area (Å²) < 4.78 is 1.95. The van der Waals surface area contributed by atoms with E-state index >= 15 is 0 Å². The lowest BCUT2D eigenvalue weighted by atomic mass is 10.2. The molecular weight excluding hydrogens is 136 g/mol. The molecular formula is C9H10N2. The van der Waals surface area contributed by atoms with E-state index < -0.39 is 0 Å². The summed E-state index contributed by atoms with van der Waals surface area (Å²) in [6, 6.07) is 2.12. The summed E-state index contributed by atoms with van der Waals surface area (Å²) >= 11 is 0. The lowest BCUT2D eigenvalue weighted by Crippen LogP contribution is -1.88. The minimum Gasteiger partial charge on any atom is -0.349 e. The molecule has 0 bridgehead atoms. The molecule has 56 valence electrons. The van der Waals surface area contributed by atoms with Crippen molar-refractivity contribution in [2.45, 2.75) is 13.5 Å². The van der Waals surface area contributed by atoms with E-state index in [-0.39, 0.29) is 0 Å². The zero-order valence-corrected chi connectivity index (χ0v) is 6.54. The van der Waals surface area contributed by atoms with Gasteiger partial charge in [0.25, 0.3) is 0 Å². The topological polar surface area (TPSA) is 28.7 Å². The molecule has 0 N–H and O–H groups in total. The molecule has 1 aromatic rings. The second-order valence-electron chi connectivity index (χ2n) is 2.45. The summed E-state index contributed by atoms with van der Waals surface area (Å²) in [6.07, 6.45) is 5.58. The Kier molecular flexibility index (Phi) is 2.12. The maximum absolute atomic E-state index is 8.61. The van der Waals surface area contributed by atoms with Gasteiger partial charge in [0.1, 0.15) is 6.07 Å². The molecule has 1 aromatic heterocycles. The Morgan fingerprint density at radius 1 is 1.73 bits per heavy atom. The average Bonchev–Trinajstić information content (AvgIpc) is 2.32. The summed E-state index contributed by atoms with van der Waals surface area (Å²) in [7, 11) is 0. The Hall–Kier alpha value is -1.49. The summed E-state index contributed by atoms with van der Waals surface area (Å²) in [6.45, 7) is 6.31. The SMILES string of the molecule is C=CCn1cc(C)c(C#N)c1. The number of nitriles is 1. The van der Waals surface area contributed by atoms with Crippen molar-refractivity contribution in [2.24, 2.45) is 0 Å². The van der Waals surface area contributed by atoms with Gasteiger partial charge < -0.3 is 4.57 Å². The fraction of sp³-hybridized carbons (Fsp3) is 0.222. The van der Waals surface area contributed by atoms with Crippen molar-refractivity contribution >= 4 is 0 Å². The van der Waals surface area contributed by atoms with Crippen LogP contribution in [0.15, 0.2) is 25.0 Å². The van der Waals surface area contributed by atoms with Crippen molar-refractivity contribution in [2.75, 3.05) is 0 Å². The van der Waals surface area contributed by atoms with Gasteiger partial charge in [0, 0.05) is 18.9 Å². The molecule has 2 nitrogen and oxygen atoms in total. The Morgan fingerprint density at radius 3 is 2.91 bits per heavy atom. The van der Waals surface area contributed by atoms with Crippen LogP contribution in [0.1, 0.15) is 11.1 Å². The van der Waals surface area contributed by atoms with Gasteiger partial charge in [0.15, 0.2) is 0 Å². The van der Waals surface area contributed by atoms with Crippen LogP contribution in [0.2, 0.25) is 0 Å². The summed E-state index contributed by atoms with van der Waals surface area (Å²) in [5.41, 5.74) is 1.77. The quantitative estimate of drug-likeness (QED) is 0.585. The molecule has 0 atom stereocenters. The van der Waals surface area contributed by atoms with Gasteiger partial charge in [-0.1, -0.05) is 6.08 Å². The minimum atomic E-state index is 0.742. The van der Waals surface area contributed by atoms with Gasteiger partial charge in [0.05, 0.1) is 5.56 Å². The molecule has 11 heavy (non-hydrogen) atoms. The summed E-state index contributed by atoms with van der Waals surface area (Å²) in [4.78, 5) is 0. The van der Waals surface area contributed by atoms with E-state index in [9.17, 15) is 0 Å². The Balaban J connectivity index is 2.97. The third-order valence-electron chi connectivity index (χ3n) is 1.54. The van der Waals surface area contributed by atoms with Gasteiger partial charge in [-0.3, -0.25) is 0 Å². The van der Waals surface area contributed by atoms with Gasteiger partial charge in [0.2, 0.25) is 0 Å². The van der Waals surface area contributed by atoms with Crippen molar-refractivity contribution in [3.05, 3.63) is 36.2 Å². The second kappa shape index (κ2) is 3.07. The molecule has 0 saturated carbocycles. The molecule has 0 unspecified atom stereocenters. The monoisotopic (exact) mass is 146 g/mol. The number of hydrogen-bond donors (Lipinski definition) is 0. The molecule has 0 aliphatic carbocycles. The molecule has 0 saturated heterocycles.